The molecular weight excluding hydrogens is 448 g/mol. The van der Waals surface area contributed by atoms with E-state index in [0.29, 0.717) is 24.3 Å². The molecule has 0 radical (unpaired) electrons. The highest BCUT2D eigenvalue weighted by Crippen LogP contribution is 2.45. The summed E-state index contributed by atoms with van der Waals surface area (Å²) in [5, 5.41) is 11.2. The molecule has 2 rings (SSSR count). The van der Waals surface area contributed by atoms with Crippen molar-refractivity contribution in [1.82, 2.24) is 0 Å². The third-order valence-corrected chi connectivity index (χ3v) is 7.50. The van der Waals surface area contributed by atoms with Crippen LogP contribution in [-0.2, 0) is 28.5 Å². The largest absolute Gasteiger partial charge is 0.417 e. The first-order valence-corrected chi connectivity index (χ1v) is 13.4. The lowest BCUT2D eigenvalue weighted by atomic mass is 9.77. The van der Waals surface area contributed by atoms with Crippen molar-refractivity contribution in [2.45, 2.75) is 116 Å². The van der Waals surface area contributed by atoms with Crippen molar-refractivity contribution in [3.63, 3.8) is 0 Å². The van der Waals surface area contributed by atoms with E-state index >= 15 is 0 Å². The Bertz CT molecular complexity index is 755. The van der Waals surface area contributed by atoms with Crippen LogP contribution in [-0.4, -0.2) is 48.9 Å². The number of hydrogen-bond donors (Lipinski definition) is 1. The Morgan fingerprint density at radius 1 is 1.00 bits per heavy atom. The molecule has 0 aromatic carbocycles. The van der Waals surface area contributed by atoms with Crippen LogP contribution in [0.1, 0.15) is 98.3 Å². The predicted molar refractivity (Wildman–Crippen MR) is 134 cm³/mol. The van der Waals surface area contributed by atoms with Crippen molar-refractivity contribution in [1.29, 1.82) is 0 Å². The summed E-state index contributed by atoms with van der Waals surface area (Å²) in [5.41, 5.74) is 1.35. The summed E-state index contributed by atoms with van der Waals surface area (Å²) >= 11 is 0. The first kappa shape index (κ1) is 29.5. The summed E-state index contributed by atoms with van der Waals surface area (Å²) in [4.78, 5) is 25.2. The number of aliphatic hydroxyl groups is 1. The second kappa shape index (κ2) is 13.6. The maximum atomic E-state index is 12.6. The molecule has 1 aliphatic heterocycles. The highest BCUT2D eigenvalue weighted by molar-refractivity contribution is 5.93. The zero-order valence-electron chi connectivity index (χ0n) is 22.6. The normalized spacial score (nSPS) is 25.9. The Labute approximate surface area is 211 Å². The molecule has 0 saturated carbocycles. The summed E-state index contributed by atoms with van der Waals surface area (Å²) in [5.74, 6) is -3.87. The van der Waals surface area contributed by atoms with Crippen LogP contribution in [0.15, 0.2) is 23.3 Å². The average molecular weight is 495 g/mol. The van der Waals surface area contributed by atoms with E-state index in [-0.39, 0.29) is 5.92 Å². The van der Waals surface area contributed by atoms with Crippen LogP contribution < -0.4 is 0 Å². The van der Waals surface area contributed by atoms with Crippen molar-refractivity contribution >= 4 is 11.9 Å². The van der Waals surface area contributed by atoms with Gasteiger partial charge in [0.25, 0.3) is 5.79 Å². The number of methoxy groups -OCH3 is 2. The molecule has 7 heteroatoms. The summed E-state index contributed by atoms with van der Waals surface area (Å²) < 4.78 is 23.2. The highest BCUT2D eigenvalue weighted by atomic mass is 16.7. The van der Waals surface area contributed by atoms with Gasteiger partial charge in [-0.3, -0.25) is 9.59 Å². The fraction of sp³-hybridized carbons (Fsp3) is 0.786. The van der Waals surface area contributed by atoms with Crippen LogP contribution in [0.25, 0.3) is 0 Å². The van der Waals surface area contributed by atoms with Crippen LogP contribution in [0.3, 0.4) is 0 Å². The maximum absolute atomic E-state index is 12.6. The van der Waals surface area contributed by atoms with Crippen molar-refractivity contribution in [2.24, 2.45) is 11.8 Å². The van der Waals surface area contributed by atoms with E-state index in [9.17, 15) is 14.7 Å². The molecule has 0 aromatic rings. The van der Waals surface area contributed by atoms with Crippen LogP contribution in [0.4, 0.5) is 0 Å². The monoisotopic (exact) mass is 494 g/mol. The van der Waals surface area contributed by atoms with Gasteiger partial charge in [0.2, 0.25) is 5.79 Å². The quantitative estimate of drug-likeness (QED) is 0.180. The predicted octanol–water partition coefficient (Wildman–Crippen LogP) is 5.60. The minimum absolute atomic E-state index is 0.196. The molecule has 1 N–H and O–H groups in total. The van der Waals surface area contributed by atoms with Crippen molar-refractivity contribution in [3.05, 3.63) is 23.3 Å². The molecule has 35 heavy (non-hydrogen) atoms. The van der Waals surface area contributed by atoms with Gasteiger partial charge in [0.05, 0.1) is 0 Å². The van der Waals surface area contributed by atoms with Gasteiger partial charge in [-0.1, -0.05) is 79.1 Å². The minimum atomic E-state index is -1.67. The molecule has 4 unspecified atom stereocenters. The van der Waals surface area contributed by atoms with Crippen LogP contribution in [0.2, 0.25) is 0 Å². The van der Waals surface area contributed by atoms with Gasteiger partial charge in [-0.2, -0.15) is 0 Å². The van der Waals surface area contributed by atoms with E-state index in [0.717, 1.165) is 56.9 Å². The Morgan fingerprint density at radius 2 is 1.57 bits per heavy atom. The SMILES string of the molecule is CCCCC(CC)CC1=C(C2(CC(CC)CCCC)OC(=O)CC(=O)O2)C=CC(O)(OC)C1OC. The molecule has 0 bridgehead atoms. The van der Waals surface area contributed by atoms with Gasteiger partial charge in [0.1, 0.15) is 12.5 Å². The first-order chi connectivity index (χ1) is 16.7. The third-order valence-electron chi connectivity index (χ3n) is 7.50. The highest BCUT2D eigenvalue weighted by Gasteiger charge is 2.52. The van der Waals surface area contributed by atoms with Gasteiger partial charge < -0.3 is 24.1 Å². The van der Waals surface area contributed by atoms with Crippen LogP contribution >= 0.6 is 0 Å². The molecule has 1 fully saturated rings. The van der Waals surface area contributed by atoms with Crippen molar-refractivity contribution in [3.8, 4) is 0 Å². The average Bonchev–Trinajstić information content (AvgIpc) is 2.83. The molecule has 1 saturated heterocycles. The fourth-order valence-corrected chi connectivity index (χ4v) is 5.32. The van der Waals surface area contributed by atoms with E-state index < -0.39 is 36.0 Å². The van der Waals surface area contributed by atoms with E-state index in [4.69, 9.17) is 18.9 Å². The van der Waals surface area contributed by atoms with Gasteiger partial charge >= 0.3 is 11.9 Å². The number of ether oxygens (including phenoxy) is 4. The lowest BCUT2D eigenvalue weighted by molar-refractivity contribution is -0.237. The molecule has 0 amide bonds. The van der Waals surface area contributed by atoms with Crippen LogP contribution in [0, 0.1) is 11.8 Å². The minimum Gasteiger partial charge on any atom is -0.417 e. The molecule has 4 atom stereocenters. The molecule has 200 valence electrons. The molecule has 0 spiro atoms. The second-order valence-corrected chi connectivity index (χ2v) is 9.96. The summed E-state index contributed by atoms with van der Waals surface area (Å²) in [6.07, 6.45) is 11.0. The first-order valence-electron chi connectivity index (χ1n) is 13.4. The van der Waals surface area contributed by atoms with Gasteiger partial charge in [-0.05, 0) is 36.0 Å². The topological polar surface area (TPSA) is 91.3 Å². The molecule has 7 nitrogen and oxygen atoms in total. The smallest absolute Gasteiger partial charge is 0.320 e. The maximum Gasteiger partial charge on any atom is 0.320 e. The standard InChI is InChI=1S/C28H46O7/c1-7-11-13-20(9-3)17-22-23(15-16-27(31,33-6)26(22)32-5)28(19-21(10-4)14-12-8-2)34-24(29)18-25(30)35-28/h15-16,20-21,26,31H,7-14,17-19H2,1-6H3. The molecule has 2 aliphatic rings. The summed E-state index contributed by atoms with van der Waals surface area (Å²) in [6, 6.07) is 0. The van der Waals surface area contributed by atoms with Gasteiger partial charge in [-0.25, -0.2) is 0 Å². The number of esters is 2. The third kappa shape index (κ3) is 7.17. The lowest BCUT2D eigenvalue weighted by Crippen LogP contribution is -2.53. The second-order valence-electron chi connectivity index (χ2n) is 9.96. The van der Waals surface area contributed by atoms with E-state index in [1.807, 2.05) is 0 Å². The molecular formula is C28H46O7. The lowest BCUT2D eigenvalue weighted by Gasteiger charge is -2.44. The van der Waals surface area contributed by atoms with E-state index in [2.05, 4.69) is 27.7 Å². The number of carbonyl (C=O) groups excluding carboxylic acids is 2. The van der Waals surface area contributed by atoms with Crippen molar-refractivity contribution in [2.75, 3.05) is 14.2 Å². The fourth-order valence-electron chi connectivity index (χ4n) is 5.32. The van der Waals surface area contributed by atoms with Crippen molar-refractivity contribution < 1.29 is 33.6 Å². The Kier molecular flexibility index (Phi) is 11.4. The summed E-state index contributed by atoms with van der Waals surface area (Å²) in [6.45, 7) is 8.56. The number of hydrogen-bond acceptors (Lipinski definition) is 7. The molecule has 1 heterocycles. The summed E-state index contributed by atoms with van der Waals surface area (Å²) in [7, 11) is 2.96. The van der Waals surface area contributed by atoms with Crippen LogP contribution in [0.5, 0.6) is 0 Å². The van der Waals surface area contributed by atoms with E-state index in [1.54, 1.807) is 6.08 Å². The Hall–Kier alpha value is -1.70. The number of cyclic esters (lactones) is 2. The Balaban J connectivity index is 2.66. The zero-order valence-corrected chi connectivity index (χ0v) is 22.6. The molecule has 1 aliphatic carbocycles. The van der Waals surface area contributed by atoms with Gasteiger partial charge in [0.15, 0.2) is 0 Å². The Morgan fingerprint density at radius 3 is 2.06 bits per heavy atom. The number of carbonyl (C=O) groups is 2. The zero-order chi connectivity index (χ0) is 26.1. The molecule has 0 aromatic heterocycles. The van der Waals surface area contributed by atoms with Gasteiger partial charge in [-0.15, -0.1) is 0 Å². The number of unbranched alkanes of at least 4 members (excludes halogenated alkanes) is 2. The van der Waals surface area contributed by atoms with E-state index in [1.165, 1.54) is 20.3 Å². The van der Waals surface area contributed by atoms with Gasteiger partial charge in [0, 0.05) is 26.2 Å². The number of rotatable bonds is 15.